The Bertz CT molecular complexity index is 93.0. The molecular formula is C5H10ClNO2. The molecule has 0 aromatic heterocycles. The topological polar surface area (TPSA) is 52.3 Å². The maximum absolute atomic E-state index is 10.1. The van der Waals surface area contributed by atoms with Crippen LogP contribution >= 0.6 is 11.6 Å². The second-order valence-corrected chi connectivity index (χ2v) is 1.93. The summed E-state index contributed by atoms with van der Waals surface area (Å²) < 4.78 is 4.56. The first-order chi connectivity index (χ1) is 4.20. The zero-order valence-electron chi connectivity index (χ0n) is 5.26. The Kier molecular flexibility index (Phi) is 4.22. The average molecular weight is 152 g/mol. The molecule has 3 nitrogen and oxygen atoms in total. The second-order valence-electron chi connectivity index (χ2n) is 1.62. The molecule has 0 fully saturated rings. The predicted octanol–water partition coefficient (Wildman–Crippen LogP) is 1.10. The maximum atomic E-state index is 10.1. The number of primary amides is 1. The number of hydrogen-bond acceptors (Lipinski definition) is 2. The normalized spacial score (nSPS) is 12.7. The van der Waals surface area contributed by atoms with Gasteiger partial charge in [0.05, 0.1) is 5.88 Å². The van der Waals surface area contributed by atoms with Gasteiger partial charge in [0.1, 0.15) is 6.10 Å². The Morgan fingerprint density at radius 3 is 2.56 bits per heavy atom. The lowest BCUT2D eigenvalue weighted by atomic mass is 10.3. The highest BCUT2D eigenvalue weighted by Crippen LogP contribution is 1.99. The van der Waals surface area contributed by atoms with E-state index >= 15 is 0 Å². The number of ether oxygens (including phenoxy) is 1. The lowest BCUT2D eigenvalue weighted by molar-refractivity contribution is 0.116. The van der Waals surface area contributed by atoms with Crippen molar-refractivity contribution in [2.75, 3.05) is 5.88 Å². The highest BCUT2D eigenvalue weighted by atomic mass is 35.5. The third-order valence-electron chi connectivity index (χ3n) is 0.910. The quantitative estimate of drug-likeness (QED) is 0.615. The number of alkyl halides is 1. The summed E-state index contributed by atoms with van der Waals surface area (Å²) in [6.07, 6.45) is -0.293. The van der Waals surface area contributed by atoms with Gasteiger partial charge in [0.2, 0.25) is 0 Å². The van der Waals surface area contributed by atoms with Crippen LogP contribution in [0.25, 0.3) is 0 Å². The number of amides is 1. The molecule has 54 valence electrons. The smallest absolute Gasteiger partial charge is 0.404 e. The summed E-state index contributed by atoms with van der Waals surface area (Å²) in [5.41, 5.74) is 4.72. The van der Waals surface area contributed by atoms with Crippen molar-refractivity contribution in [3.05, 3.63) is 0 Å². The van der Waals surface area contributed by atoms with Crippen LogP contribution in [-0.4, -0.2) is 18.1 Å². The molecule has 0 saturated carbocycles. The largest absolute Gasteiger partial charge is 0.445 e. The molecule has 0 aliphatic heterocycles. The molecule has 0 aliphatic carbocycles. The van der Waals surface area contributed by atoms with Gasteiger partial charge >= 0.3 is 6.09 Å². The van der Waals surface area contributed by atoms with Crippen LogP contribution in [0.4, 0.5) is 4.79 Å². The van der Waals surface area contributed by atoms with Gasteiger partial charge < -0.3 is 10.5 Å². The number of nitrogens with two attached hydrogens (primary N) is 1. The highest BCUT2D eigenvalue weighted by Gasteiger charge is 2.06. The standard InChI is InChI=1S/C5H10ClNO2/c1-2-4(3-6)9-5(7)8/h4H,2-3H2,1H3,(H2,7,8). The number of halogens is 1. The van der Waals surface area contributed by atoms with Crippen molar-refractivity contribution in [3.63, 3.8) is 0 Å². The lowest BCUT2D eigenvalue weighted by Crippen LogP contribution is -2.23. The van der Waals surface area contributed by atoms with Crippen LogP contribution in [0.1, 0.15) is 13.3 Å². The van der Waals surface area contributed by atoms with Crippen LogP contribution in [-0.2, 0) is 4.74 Å². The van der Waals surface area contributed by atoms with E-state index < -0.39 is 6.09 Å². The number of hydrogen-bond donors (Lipinski definition) is 1. The van der Waals surface area contributed by atoms with Gasteiger partial charge in [0.25, 0.3) is 0 Å². The molecule has 0 spiro atoms. The summed E-state index contributed by atoms with van der Waals surface area (Å²) in [5.74, 6) is 0.305. The van der Waals surface area contributed by atoms with Crippen LogP contribution < -0.4 is 5.73 Å². The van der Waals surface area contributed by atoms with Crippen molar-refractivity contribution >= 4 is 17.7 Å². The van der Waals surface area contributed by atoms with Crippen LogP contribution in [0.5, 0.6) is 0 Å². The van der Waals surface area contributed by atoms with Gasteiger partial charge in [-0.3, -0.25) is 0 Å². The minimum Gasteiger partial charge on any atom is -0.445 e. The van der Waals surface area contributed by atoms with Crippen LogP contribution in [0.2, 0.25) is 0 Å². The third kappa shape index (κ3) is 4.09. The molecule has 0 heterocycles. The van der Waals surface area contributed by atoms with E-state index in [4.69, 9.17) is 17.3 Å². The Hall–Kier alpha value is -0.440. The van der Waals surface area contributed by atoms with Gasteiger partial charge in [-0.25, -0.2) is 4.79 Å². The zero-order chi connectivity index (χ0) is 7.28. The first-order valence-electron chi connectivity index (χ1n) is 2.72. The predicted molar refractivity (Wildman–Crippen MR) is 35.5 cm³/mol. The summed E-state index contributed by atoms with van der Waals surface area (Å²) in [5, 5.41) is 0. The van der Waals surface area contributed by atoms with Gasteiger partial charge in [-0.15, -0.1) is 11.6 Å². The van der Waals surface area contributed by atoms with Crippen molar-refractivity contribution in [1.82, 2.24) is 0 Å². The Morgan fingerprint density at radius 1 is 1.89 bits per heavy atom. The van der Waals surface area contributed by atoms with E-state index in [1.165, 1.54) is 0 Å². The Balaban J connectivity index is 3.43. The van der Waals surface area contributed by atoms with Crippen LogP contribution in [0, 0.1) is 0 Å². The fourth-order valence-corrected chi connectivity index (χ4v) is 0.669. The SMILES string of the molecule is CCC(CCl)OC(N)=O. The fraction of sp³-hybridized carbons (Fsp3) is 0.800. The van der Waals surface area contributed by atoms with Gasteiger partial charge in [-0.2, -0.15) is 0 Å². The summed E-state index contributed by atoms with van der Waals surface area (Å²) in [7, 11) is 0. The molecule has 0 aromatic rings. The molecular weight excluding hydrogens is 142 g/mol. The molecule has 1 amide bonds. The summed E-state index contributed by atoms with van der Waals surface area (Å²) in [4.78, 5) is 10.1. The highest BCUT2D eigenvalue weighted by molar-refractivity contribution is 6.18. The molecule has 9 heavy (non-hydrogen) atoms. The molecule has 2 N–H and O–H groups in total. The average Bonchev–Trinajstić information content (AvgIpc) is 1.82. The molecule has 0 aromatic carbocycles. The number of rotatable bonds is 3. The molecule has 1 unspecified atom stereocenters. The molecule has 0 aliphatic rings. The second kappa shape index (κ2) is 4.44. The fourth-order valence-electron chi connectivity index (χ4n) is 0.388. The van der Waals surface area contributed by atoms with E-state index in [9.17, 15) is 4.79 Å². The van der Waals surface area contributed by atoms with Crippen LogP contribution in [0.15, 0.2) is 0 Å². The van der Waals surface area contributed by atoms with E-state index in [1.54, 1.807) is 0 Å². The van der Waals surface area contributed by atoms with E-state index in [2.05, 4.69) is 4.74 Å². The molecule has 0 saturated heterocycles. The molecule has 0 rings (SSSR count). The van der Waals surface area contributed by atoms with Crippen LogP contribution in [0.3, 0.4) is 0 Å². The third-order valence-corrected chi connectivity index (χ3v) is 1.25. The van der Waals surface area contributed by atoms with Gasteiger partial charge in [-0.1, -0.05) is 6.92 Å². The first kappa shape index (κ1) is 8.56. The van der Waals surface area contributed by atoms with E-state index in [1.807, 2.05) is 6.92 Å². The monoisotopic (exact) mass is 151 g/mol. The Morgan fingerprint density at radius 2 is 2.44 bits per heavy atom. The molecule has 0 bridgehead atoms. The van der Waals surface area contributed by atoms with Crippen molar-refractivity contribution in [1.29, 1.82) is 0 Å². The van der Waals surface area contributed by atoms with Crippen molar-refractivity contribution in [2.45, 2.75) is 19.4 Å². The van der Waals surface area contributed by atoms with E-state index in [0.717, 1.165) is 0 Å². The lowest BCUT2D eigenvalue weighted by Gasteiger charge is -2.09. The Labute approximate surface area is 59.1 Å². The first-order valence-corrected chi connectivity index (χ1v) is 3.26. The molecule has 1 atom stereocenters. The minimum absolute atomic E-state index is 0.232. The minimum atomic E-state index is -0.762. The van der Waals surface area contributed by atoms with Crippen molar-refractivity contribution in [2.24, 2.45) is 5.73 Å². The van der Waals surface area contributed by atoms with Gasteiger partial charge in [0, 0.05) is 0 Å². The summed E-state index contributed by atoms with van der Waals surface area (Å²) in [6, 6.07) is 0. The molecule has 4 heteroatoms. The van der Waals surface area contributed by atoms with Gasteiger partial charge in [0.15, 0.2) is 0 Å². The van der Waals surface area contributed by atoms with E-state index in [-0.39, 0.29) is 6.10 Å². The number of carbonyl (C=O) groups is 1. The summed E-state index contributed by atoms with van der Waals surface area (Å²) in [6.45, 7) is 1.87. The summed E-state index contributed by atoms with van der Waals surface area (Å²) >= 11 is 5.38. The zero-order valence-corrected chi connectivity index (χ0v) is 6.02. The van der Waals surface area contributed by atoms with Gasteiger partial charge in [-0.05, 0) is 6.42 Å². The molecule has 0 radical (unpaired) electrons. The van der Waals surface area contributed by atoms with Crippen molar-refractivity contribution < 1.29 is 9.53 Å². The number of carbonyl (C=O) groups excluding carboxylic acids is 1. The van der Waals surface area contributed by atoms with Crippen molar-refractivity contribution in [3.8, 4) is 0 Å². The maximum Gasteiger partial charge on any atom is 0.404 e. The van der Waals surface area contributed by atoms with E-state index in [0.29, 0.717) is 12.3 Å².